The van der Waals surface area contributed by atoms with E-state index in [-0.39, 0.29) is 41.9 Å². The number of rotatable bonds is 8. The van der Waals surface area contributed by atoms with E-state index in [9.17, 15) is 32.0 Å². The highest BCUT2D eigenvalue weighted by Crippen LogP contribution is 2.22. The first-order valence-corrected chi connectivity index (χ1v) is 13.1. The normalized spacial score (nSPS) is 21.6. The molecule has 0 radical (unpaired) electrons. The Morgan fingerprint density at radius 3 is 2.53 bits per heavy atom. The molecule has 2 saturated heterocycles. The lowest BCUT2D eigenvalue weighted by Crippen LogP contribution is -2.63. The Labute approximate surface area is 200 Å². The molecule has 3 amide bonds. The van der Waals surface area contributed by atoms with Crippen LogP contribution in [0.4, 0.5) is 4.39 Å². The van der Waals surface area contributed by atoms with E-state index in [2.05, 4.69) is 10.6 Å². The number of amides is 3. The van der Waals surface area contributed by atoms with Gasteiger partial charge in [0, 0.05) is 26.2 Å². The summed E-state index contributed by atoms with van der Waals surface area (Å²) in [6.45, 7) is -0.0937. The van der Waals surface area contributed by atoms with Gasteiger partial charge in [0.25, 0.3) is 0 Å². The summed E-state index contributed by atoms with van der Waals surface area (Å²) in [7, 11) is -4.08. The van der Waals surface area contributed by atoms with Crippen molar-refractivity contribution in [2.24, 2.45) is 0 Å². The number of hydrogen-bond donors (Lipinski definition) is 3. The quantitative estimate of drug-likeness (QED) is 0.408. The van der Waals surface area contributed by atoms with Gasteiger partial charge in [0.15, 0.2) is 0 Å². The maximum atomic E-state index is 13.3. The summed E-state index contributed by atoms with van der Waals surface area (Å²) in [5, 5.41) is 14.0. The summed E-state index contributed by atoms with van der Waals surface area (Å²) in [4.78, 5) is 49.7. The first-order chi connectivity index (χ1) is 16.1. The maximum absolute atomic E-state index is 13.3. The average Bonchev–Trinajstić information content (AvgIpc) is 2.80. The minimum absolute atomic E-state index is 0.108. The number of hydrogen-bond acceptors (Lipinski definition) is 7. The molecule has 2 atom stereocenters. The number of piperidine rings is 1. The lowest BCUT2D eigenvalue weighted by Gasteiger charge is -2.40. The van der Waals surface area contributed by atoms with Gasteiger partial charge in [0.05, 0.1) is 16.4 Å². The predicted octanol–water partition coefficient (Wildman–Crippen LogP) is -0.760. The molecule has 1 aromatic carbocycles. The van der Waals surface area contributed by atoms with Gasteiger partial charge in [-0.25, -0.2) is 12.8 Å². The van der Waals surface area contributed by atoms with Crippen LogP contribution < -0.4 is 10.6 Å². The van der Waals surface area contributed by atoms with Gasteiger partial charge in [-0.2, -0.15) is 4.31 Å². The molecule has 2 heterocycles. The van der Waals surface area contributed by atoms with Crippen LogP contribution in [0.15, 0.2) is 29.2 Å². The zero-order valence-corrected chi connectivity index (χ0v) is 19.7. The molecule has 0 aliphatic carbocycles. The first kappa shape index (κ1) is 25.9. The highest BCUT2D eigenvalue weighted by molar-refractivity contribution is 8.00. The molecule has 0 spiro atoms. The summed E-state index contributed by atoms with van der Waals surface area (Å²) < 4.78 is 40.4. The Hall–Kier alpha value is -2.71. The van der Waals surface area contributed by atoms with Gasteiger partial charge in [-0.15, -0.1) is 11.8 Å². The summed E-state index contributed by atoms with van der Waals surface area (Å²) >= 11 is 0.864. The molecule has 0 saturated carbocycles. The number of benzene rings is 1. The minimum Gasteiger partial charge on any atom is -0.481 e. The largest absolute Gasteiger partial charge is 0.481 e. The predicted molar refractivity (Wildman–Crippen MR) is 120 cm³/mol. The standard InChI is InChI=1S/C20H25FN4O7S2/c21-13-3-5-14(6-4-13)34(31,32)24-8-9-25(17(26)11-33-12-18(27)28)16(10-24)20(30)23-15-2-1-7-22-19(15)29/h3-6,15-16H,1-2,7-12H2,(H,22,29)(H,23,30)(H,27,28)/t15-,16-/m0/s1. The number of carbonyl (C=O) groups excluding carboxylic acids is 3. The Balaban J connectivity index is 1.80. The second-order valence-corrected chi connectivity index (χ2v) is 10.7. The van der Waals surface area contributed by atoms with Crippen molar-refractivity contribution in [3.8, 4) is 0 Å². The molecule has 1 aromatic rings. The summed E-state index contributed by atoms with van der Waals surface area (Å²) in [5.41, 5.74) is 0. The smallest absolute Gasteiger partial charge is 0.313 e. The van der Waals surface area contributed by atoms with Crippen LogP contribution in [-0.2, 0) is 29.2 Å². The number of thioether (sulfide) groups is 1. The Kier molecular flexibility index (Phi) is 8.49. The third-order valence-corrected chi connectivity index (χ3v) is 8.25. The number of aliphatic carboxylic acids is 1. The molecule has 2 aliphatic rings. The summed E-state index contributed by atoms with van der Waals surface area (Å²) in [5.74, 6) is -3.76. The zero-order chi connectivity index (χ0) is 24.9. The fourth-order valence-corrected chi connectivity index (χ4v) is 5.80. The van der Waals surface area contributed by atoms with Crippen molar-refractivity contribution in [3.05, 3.63) is 30.1 Å². The number of sulfonamides is 1. The van der Waals surface area contributed by atoms with Crippen LogP contribution in [0.1, 0.15) is 12.8 Å². The molecule has 2 aliphatic heterocycles. The van der Waals surface area contributed by atoms with Crippen LogP contribution in [0.3, 0.4) is 0 Å². The van der Waals surface area contributed by atoms with Crippen molar-refractivity contribution >= 4 is 45.5 Å². The molecule has 0 aromatic heterocycles. The Morgan fingerprint density at radius 1 is 1.18 bits per heavy atom. The molecule has 186 valence electrons. The topological polar surface area (TPSA) is 153 Å². The molecule has 11 nitrogen and oxygen atoms in total. The van der Waals surface area contributed by atoms with Crippen molar-refractivity contribution in [2.75, 3.05) is 37.7 Å². The number of nitrogens with one attached hydrogen (secondary N) is 2. The number of carboxylic acids is 1. The van der Waals surface area contributed by atoms with Crippen molar-refractivity contribution in [3.63, 3.8) is 0 Å². The molecule has 0 unspecified atom stereocenters. The molecule has 3 rings (SSSR count). The first-order valence-electron chi connectivity index (χ1n) is 10.5. The van der Waals surface area contributed by atoms with E-state index in [1.807, 2.05) is 0 Å². The van der Waals surface area contributed by atoms with Crippen molar-refractivity contribution in [1.82, 2.24) is 19.8 Å². The van der Waals surface area contributed by atoms with E-state index in [1.165, 1.54) is 4.90 Å². The van der Waals surface area contributed by atoms with E-state index in [4.69, 9.17) is 5.11 Å². The Morgan fingerprint density at radius 2 is 1.88 bits per heavy atom. The van der Waals surface area contributed by atoms with Crippen LogP contribution in [0, 0.1) is 5.82 Å². The van der Waals surface area contributed by atoms with Gasteiger partial charge in [0.2, 0.25) is 27.7 Å². The minimum atomic E-state index is -4.08. The molecular weight excluding hydrogens is 491 g/mol. The van der Waals surface area contributed by atoms with Gasteiger partial charge in [-0.3, -0.25) is 19.2 Å². The number of piperazine rings is 1. The van der Waals surface area contributed by atoms with E-state index >= 15 is 0 Å². The van der Waals surface area contributed by atoms with Gasteiger partial charge in [-0.05, 0) is 37.1 Å². The molecule has 14 heteroatoms. The fourth-order valence-electron chi connectivity index (χ4n) is 3.74. The molecular formula is C20H25FN4O7S2. The zero-order valence-electron chi connectivity index (χ0n) is 18.1. The number of halogens is 1. The van der Waals surface area contributed by atoms with Crippen LogP contribution in [0.2, 0.25) is 0 Å². The van der Waals surface area contributed by atoms with E-state index < -0.39 is 45.7 Å². The van der Waals surface area contributed by atoms with E-state index in [0.29, 0.717) is 19.4 Å². The van der Waals surface area contributed by atoms with Crippen molar-refractivity contribution < 1.29 is 37.1 Å². The third kappa shape index (κ3) is 6.24. The van der Waals surface area contributed by atoms with Crippen LogP contribution >= 0.6 is 11.8 Å². The lowest BCUT2D eigenvalue weighted by molar-refractivity contribution is -0.142. The highest BCUT2D eigenvalue weighted by Gasteiger charge is 2.41. The molecule has 34 heavy (non-hydrogen) atoms. The van der Waals surface area contributed by atoms with E-state index in [1.54, 1.807) is 0 Å². The van der Waals surface area contributed by atoms with Gasteiger partial charge < -0.3 is 20.6 Å². The molecule has 0 bridgehead atoms. The SMILES string of the molecule is O=C(O)CSCC(=O)N1CCN(S(=O)(=O)c2ccc(F)cc2)C[C@H]1C(=O)N[C@H]1CCCNC1=O. The van der Waals surface area contributed by atoms with Crippen LogP contribution in [-0.4, -0.2) is 96.2 Å². The second kappa shape index (κ2) is 11.1. The van der Waals surface area contributed by atoms with Crippen LogP contribution in [0.25, 0.3) is 0 Å². The van der Waals surface area contributed by atoms with Crippen LogP contribution in [0.5, 0.6) is 0 Å². The number of carboxylic acid groups (broad SMARTS) is 1. The monoisotopic (exact) mass is 516 g/mol. The second-order valence-electron chi connectivity index (χ2n) is 7.80. The van der Waals surface area contributed by atoms with E-state index in [0.717, 1.165) is 40.3 Å². The molecule has 2 fully saturated rings. The Bertz CT molecular complexity index is 1050. The van der Waals surface area contributed by atoms with Gasteiger partial charge >= 0.3 is 5.97 Å². The number of carbonyl (C=O) groups is 4. The average molecular weight is 517 g/mol. The fraction of sp³-hybridized carbons (Fsp3) is 0.500. The number of nitrogens with zero attached hydrogens (tertiary/aromatic N) is 2. The summed E-state index contributed by atoms with van der Waals surface area (Å²) in [6, 6.07) is 2.23. The van der Waals surface area contributed by atoms with Crippen molar-refractivity contribution in [2.45, 2.75) is 29.8 Å². The lowest BCUT2D eigenvalue weighted by atomic mass is 10.1. The summed E-state index contributed by atoms with van der Waals surface area (Å²) in [6.07, 6.45) is 1.06. The third-order valence-electron chi connectivity index (χ3n) is 5.47. The van der Waals surface area contributed by atoms with Crippen molar-refractivity contribution in [1.29, 1.82) is 0 Å². The molecule has 3 N–H and O–H groups in total. The van der Waals surface area contributed by atoms with Gasteiger partial charge in [-0.1, -0.05) is 0 Å². The maximum Gasteiger partial charge on any atom is 0.313 e. The van der Waals surface area contributed by atoms with Gasteiger partial charge in [0.1, 0.15) is 17.9 Å². The highest BCUT2D eigenvalue weighted by atomic mass is 32.2.